The Bertz CT molecular complexity index is 160. The maximum atomic E-state index is 3.86. The Balaban J connectivity index is 2.57. The minimum atomic E-state index is -0.872. The molecule has 0 unspecified atom stereocenters. The highest BCUT2D eigenvalue weighted by Gasteiger charge is 2.38. The molecule has 1 rings (SSSR count). The van der Waals surface area contributed by atoms with Crippen molar-refractivity contribution >= 4 is 14.8 Å². The number of hydrogen-bond donors (Lipinski definition) is 0. The van der Waals surface area contributed by atoms with Gasteiger partial charge in [0, 0.05) is 8.07 Å². The minimum absolute atomic E-state index is 0.872. The summed E-state index contributed by atoms with van der Waals surface area (Å²) < 4.78 is 0. The molecule has 0 aliphatic carbocycles. The van der Waals surface area contributed by atoms with Gasteiger partial charge in [0.15, 0.2) is 0 Å². The van der Waals surface area contributed by atoms with Crippen molar-refractivity contribution < 1.29 is 0 Å². The number of rotatable bonds is 3. The molecule has 0 bridgehead atoms. The Hall–Kier alpha value is 0.0218. The molecule has 68 valence electrons. The van der Waals surface area contributed by atoms with Crippen molar-refractivity contribution in [2.24, 2.45) is 0 Å². The van der Waals surface area contributed by atoms with Crippen LogP contribution in [0.2, 0.25) is 37.7 Å². The highest BCUT2D eigenvalue weighted by atomic mass is 28.3. The van der Waals surface area contributed by atoms with E-state index in [1.54, 1.807) is 0 Å². The van der Waals surface area contributed by atoms with Crippen LogP contribution in [0.4, 0.5) is 0 Å². The van der Waals surface area contributed by atoms with Gasteiger partial charge in [0.2, 0.25) is 0 Å². The lowest BCUT2D eigenvalue weighted by Crippen LogP contribution is -2.35. The summed E-state index contributed by atoms with van der Waals surface area (Å²) in [6.45, 7) is 12.4. The van der Waals surface area contributed by atoms with E-state index in [1.807, 2.05) is 0 Å². The lowest BCUT2D eigenvalue weighted by Gasteiger charge is -2.28. The SMILES string of the molecule is C=CCB1CCC[C@H]1[Si](C)(C)C. The lowest BCUT2D eigenvalue weighted by atomic mass is 9.45. The molecule has 0 aromatic rings. The Morgan fingerprint density at radius 2 is 2.17 bits per heavy atom. The Morgan fingerprint density at radius 3 is 2.67 bits per heavy atom. The Labute approximate surface area is 78.5 Å². The minimum Gasteiger partial charge on any atom is -0.104 e. The number of allylic oxidation sites excluding steroid dienone is 1. The molecule has 0 nitrogen and oxygen atoms in total. The van der Waals surface area contributed by atoms with Gasteiger partial charge in [-0.2, -0.15) is 0 Å². The fraction of sp³-hybridized carbons (Fsp3) is 0.800. The maximum absolute atomic E-state index is 3.86. The van der Waals surface area contributed by atoms with Crippen LogP contribution in [0.25, 0.3) is 0 Å². The van der Waals surface area contributed by atoms with Crippen molar-refractivity contribution in [3.05, 3.63) is 12.7 Å². The second-order valence-electron chi connectivity index (χ2n) is 5.19. The van der Waals surface area contributed by atoms with Crippen molar-refractivity contribution in [1.82, 2.24) is 0 Å². The molecule has 0 radical (unpaired) electrons. The van der Waals surface area contributed by atoms with Gasteiger partial charge in [-0.15, -0.1) is 6.58 Å². The van der Waals surface area contributed by atoms with Gasteiger partial charge >= 0.3 is 0 Å². The largest absolute Gasteiger partial charge is 0.144 e. The first kappa shape index (κ1) is 10.1. The van der Waals surface area contributed by atoms with Crippen LogP contribution in [0.5, 0.6) is 0 Å². The molecule has 1 fully saturated rings. The topological polar surface area (TPSA) is 0 Å². The maximum Gasteiger partial charge on any atom is 0.144 e. The van der Waals surface area contributed by atoms with E-state index in [-0.39, 0.29) is 0 Å². The van der Waals surface area contributed by atoms with Gasteiger partial charge in [0.05, 0.1) is 0 Å². The molecule has 0 spiro atoms. The van der Waals surface area contributed by atoms with Crippen molar-refractivity contribution in [3.8, 4) is 0 Å². The molecule has 1 heterocycles. The zero-order chi connectivity index (χ0) is 9.19. The van der Waals surface area contributed by atoms with Gasteiger partial charge in [-0.3, -0.25) is 0 Å². The molecule has 1 saturated heterocycles. The first-order valence-electron chi connectivity index (χ1n) is 5.16. The summed E-state index contributed by atoms with van der Waals surface area (Å²) in [4.78, 5) is 0. The van der Waals surface area contributed by atoms with Crippen molar-refractivity contribution in [2.75, 3.05) is 0 Å². The summed E-state index contributed by atoms with van der Waals surface area (Å²) in [5.74, 6) is 0. The van der Waals surface area contributed by atoms with E-state index in [2.05, 4.69) is 32.3 Å². The smallest absolute Gasteiger partial charge is 0.104 e. The van der Waals surface area contributed by atoms with Crippen molar-refractivity contribution in [1.29, 1.82) is 0 Å². The first-order valence-corrected chi connectivity index (χ1v) is 8.74. The first-order chi connectivity index (χ1) is 5.55. The van der Waals surface area contributed by atoms with Crippen molar-refractivity contribution in [2.45, 2.75) is 50.6 Å². The second-order valence-corrected chi connectivity index (χ2v) is 10.7. The van der Waals surface area contributed by atoms with Crippen LogP contribution in [-0.4, -0.2) is 14.8 Å². The third-order valence-electron chi connectivity index (χ3n) is 3.24. The fourth-order valence-electron chi connectivity index (χ4n) is 2.67. The predicted molar refractivity (Wildman–Crippen MR) is 61.9 cm³/mol. The van der Waals surface area contributed by atoms with Gasteiger partial charge in [-0.25, -0.2) is 0 Å². The molecule has 0 aromatic heterocycles. The molecule has 0 saturated carbocycles. The monoisotopic (exact) mass is 180 g/mol. The van der Waals surface area contributed by atoms with Gasteiger partial charge < -0.3 is 0 Å². The van der Waals surface area contributed by atoms with Crippen LogP contribution in [0.3, 0.4) is 0 Å². The number of hydrogen-bond acceptors (Lipinski definition) is 0. The van der Waals surface area contributed by atoms with Gasteiger partial charge in [0.1, 0.15) is 6.71 Å². The van der Waals surface area contributed by atoms with E-state index >= 15 is 0 Å². The highest BCUT2D eigenvalue weighted by molar-refractivity contribution is 6.90. The molecule has 0 N–H and O–H groups in total. The highest BCUT2D eigenvalue weighted by Crippen LogP contribution is 2.39. The van der Waals surface area contributed by atoms with Crippen LogP contribution in [-0.2, 0) is 0 Å². The molecule has 0 amide bonds. The molecule has 0 aromatic carbocycles. The summed E-state index contributed by atoms with van der Waals surface area (Å²) in [6, 6.07) is 0. The van der Waals surface area contributed by atoms with Gasteiger partial charge in [0.25, 0.3) is 0 Å². The molecule has 12 heavy (non-hydrogen) atoms. The zero-order valence-electron chi connectivity index (χ0n) is 8.77. The summed E-state index contributed by atoms with van der Waals surface area (Å²) in [5.41, 5.74) is 1.07. The van der Waals surface area contributed by atoms with Crippen LogP contribution >= 0.6 is 0 Å². The summed E-state index contributed by atoms with van der Waals surface area (Å²) in [7, 11) is -0.872. The summed E-state index contributed by atoms with van der Waals surface area (Å²) in [6.07, 6.45) is 7.79. The van der Waals surface area contributed by atoms with E-state index in [4.69, 9.17) is 0 Å². The quantitative estimate of drug-likeness (QED) is 0.458. The molecular formula is C10H21BSi. The average molecular weight is 180 g/mol. The van der Waals surface area contributed by atoms with Crippen molar-refractivity contribution in [3.63, 3.8) is 0 Å². The molecule has 2 heteroatoms. The van der Waals surface area contributed by atoms with E-state index in [1.165, 1.54) is 25.5 Å². The van der Waals surface area contributed by atoms with Crippen LogP contribution in [0, 0.1) is 0 Å². The van der Waals surface area contributed by atoms with E-state index < -0.39 is 8.07 Å². The van der Waals surface area contributed by atoms with Crippen LogP contribution in [0.15, 0.2) is 12.7 Å². The van der Waals surface area contributed by atoms with Gasteiger partial charge in [-0.05, 0) is 0 Å². The Kier molecular flexibility index (Phi) is 3.22. The normalized spacial score (nSPS) is 24.6. The predicted octanol–water partition coefficient (Wildman–Crippen LogP) is 3.71. The lowest BCUT2D eigenvalue weighted by molar-refractivity contribution is 0.887. The second kappa shape index (κ2) is 3.82. The standard InChI is InChI=1S/C10H21BSi/c1-5-8-11-9-6-7-10(11)12(2,3)4/h5,10H,1,6-9H2,2-4H3/t10-/m1/s1. The van der Waals surface area contributed by atoms with E-state index in [0.717, 1.165) is 12.2 Å². The van der Waals surface area contributed by atoms with Crippen LogP contribution < -0.4 is 0 Å². The van der Waals surface area contributed by atoms with E-state index in [0.29, 0.717) is 0 Å². The molecular weight excluding hydrogens is 159 g/mol. The summed E-state index contributed by atoms with van der Waals surface area (Å²) in [5, 5.41) is 0. The Morgan fingerprint density at radius 1 is 1.50 bits per heavy atom. The molecule has 1 atom stereocenters. The third kappa shape index (κ3) is 2.25. The fourth-order valence-corrected chi connectivity index (χ4v) is 5.46. The molecule has 1 aliphatic heterocycles. The van der Waals surface area contributed by atoms with Gasteiger partial charge in [-0.1, -0.05) is 56.6 Å². The average Bonchev–Trinajstić information content (AvgIpc) is 2.34. The van der Waals surface area contributed by atoms with Crippen LogP contribution in [0.1, 0.15) is 12.8 Å². The molecule has 1 aliphatic rings. The zero-order valence-corrected chi connectivity index (χ0v) is 9.77. The third-order valence-corrected chi connectivity index (χ3v) is 6.23. The van der Waals surface area contributed by atoms with E-state index in [9.17, 15) is 0 Å². The summed E-state index contributed by atoms with van der Waals surface area (Å²) >= 11 is 0.